The lowest BCUT2D eigenvalue weighted by atomic mass is 10.1. The maximum Gasteiger partial charge on any atom is 0.0826 e. The molecule has 2 saturated heterocycles. The first-order chi connectivity index (χ1) is 7.88. The van der Waals surface area contributed by atoms with E-state index in [2.05, 4.69) is 28.9 Å². The van der Waals surface area contributed by atoms with E-state index in [1.54, 1.807) is 0 Å². The molecule has 0 aromatic rings. The summed E-state index contributed by atoms with van der Waals surface area (Å²) in [5.74, 6) is 2.65. The van der Waals surface area contributed by atoms with Gasteiger partial charge < -0.3 is 10.1 Å². The maximum absolute atomic E-state index is 5.79. The van der Waals surface area contributed by atoms with Gasteiger partial charge in [0.1, 0.15) is 0 Å². The Kier molecular flexibility index (Phi) is 5.42. The minimum atomic E-state index is 0.406. The van der Waals surface area contributed by atoms with Crippen LogP contribution in [0.1, 0.15) is 19.8 Å². The normalized spacial score (nSPS) is 29.4. The second kappa shape index (κ2) is 6.84. The molecule has 1 atom stereocenters. The molecule has 0 radical (unpaired) electrons. The van der Waals surface area contributed by atoms with E-state index in [9.17, 15) is 0 Å². The molecule has 0 spiro atoms. The van der Waals surface area contributed by atoms with Crippen LogP contribution in [-0.4, -0.2) is 61.3 Å². The molecule has 2 fully saturated rings. The summed E-state index contributed by atoms with van der Waals surface area (Å²) in [6, 6.07) is 0.738. The van der Waals surface area contributed by atoms with Gasteiger partial charge in [-0.05, 0) is 30.9 Å². The van der Waals surface area contributed by atoms with E-state index in [1.165, 1.54) is 24.3 Å². The van der Waals surface area contributed by atoms with Crippen molar-refractivity contribution in [3.8, 4) is 0 Å². The highest BCUT2D eigenvalue weighted by Crippen LogP contribution is 2.17. The summed E-state index contributed by atoms with van der Waals surface area (Å²) in [6.45, 7) is 7.53. The molecule has 1 N–H and O–H groups in total. The summed E-state index contributed by atoms with van der Waals surface area (Å²) in [5, 5.41) is 3.67. The lowest BCUT2D eigenvalue weighted by Crippen LogP contribution is -2.48. The summed E-state index contributed by atoms with van der Waals surface area (Å²) in [4.78, 5) is 2.48. The molecule has 2 heterocycles. The van der Waals surface area contributed by atoms with Crippen LogP contribution in [0.3, 0.4) is 0 Å². The van der Waals surface area contributed by atoms with Gasteiger partial charge in [-0.2, -0.15) is 11.8 Å². The summed E-state index contributed by atoms with van der Waals surface area (Å²) >= 11 is 2.08. The Morgan fingerprint density at radius 3 is 2.94 bits per heavy atom. The van der Waals surface area contributed by atoms with Gasteiger partial charge in [-0.3, -0.25) is 4.90 Å². The van der Waals surface area contributed by atoms with Gasteiger partial charge in [0.05, 0.1) is 12.7 Å². The van der Waals surface area contributed by atoms with Crippen LogP contribution in [0.15, 0.2) is 0 Å². The molecule has 2 aliphatic heterocycles. The number of nitrogens with one attached hydrogen (secondary N) is 1. The zero-order valence-corrected chi connectivity index (χ0v) is 11.1. The maximum atomic E-state index is 5.79. The van der Waals surface area contributed by atoms with Crippen LogP contribution < -0.4 is 5.32 Å². The largest absolute Gasteiger partial charge is 0.374 e. The van der Waals surface area contributed by atoms with E-state index in [1.807, 2.05) is 0 Å². The van der Waals surface area contributed by atoms with Crippen molar-refractivity contribution < 1.29 is 4.74 Å². The first-order valence-electron chi connectivity index (χ1n) is 6.53. The zero-order chi connectivity index (χ0) is 11.2. The molecule has 94 valence electrons. The van der Waals surface area contributed by atoms with Gasteiger partial charge in [-0.1, -0.05) is 6.92 Å². The molecule has 0 aromatic carbocycles. The van der Waals surface area contributed by atoms with Crippen LogP contribution in [0.2, 0.25) is 0 Å². The fraction of sp³-hybridized carbons (Fsp3) is 1.00. The van der Waals surface area contributed by atoms with E-state index in [0.717, 1.165) is 38.8 Å². The standard InChI is InChI=1S/C12H24N2OS/c1-2-14-5-6-15-12(10-14)9-13-11-3-7-16-8-4-11/h11-13H,2-10H2,1H3. The Bertz CT molecular complexity index is 197. The van der Waals surface area contributed by atoms with Gasteiger partial charge in [0, 0.05) is 25.7 Å². The van der Waals surface area contributed by atoms with Crippen molar-refractivity contribution >= 4 is 11.8 Å². The second-order valence-corrected chi connectivity index (χ2v) is 5.91. The third-order valence-electron chi connectivity index (χ3n) is 3.53. The van der Waals surface area contributed by atoms with E-state index in [-0.39, 0.29) is 0 Å². The van der Waals surface area contributed by atoms with Gasteiger partial charge in [0.2, 0.25) is 0 Å². The Balaban J connectivity index is 1.64. The Hall–Kier alpha value is 0.230. The molecule has 0 aromatic heterocycles. The van der Waals surface area contributed by atoms with Crippen molar-refractivity contribution in [3.63, 3.8) is 0 Å². The molecule has 0 saturated carbocycles. The minimum absolute atomic E-state index is 0.406. The number of likely N-dealkylation sites (N-methyl/N-ethyl adjacent to an activating group) is 1. The summed E-state index contributed by atoms with van der Waals surface area (Å²) in [6.07, 6.45) is 3.06. The molecule has 0 bridgehead atoms. The monoisotopic (exact) mass is 244 g/mol. The van der Waals surface area contributed by atoms with Crippen molar-refractivity contribution in [2.45, 2.75) is 31.9 Å². The van der Waals surface area contributed by atoms with Crippen molar-refractivity contribution in [2.75, 3.05) is 44.3 Å². The van der Waals surface area contributed by atoms with Crippen molar-refractivity contribution in [2.24, 2.45) is 0 Å². The topological polar surface area (TPSA) is 24.5 Å². The molecule has 0 amide bonds. The van der Waals surface area contributed by atoms with E-state index in [4.69, 9.17) is 4.74 Å². The molecule has 4 heteroatoms. The Morgan fingerprint density at radius 1 is 1.38 bits per heavy atom. The molecule has 0 aliphatic carbocycles. The SMILES string of the molecule is CCN1CCOC(CNC2CCSCC2)C1. The molecular weight excluding hydrogens is 220 g/mol. The number of nitrogens with zero attached hydrogens (tertiary/aromatic N) is 1. The van der Waals surface area contributed by atoms with E-state index < -0.39 is 0 Å². The predicted octanol–water partition coefficient (Wildman–Crippen LogP) is 1.19. The average molecular weight is 244 g/mol. The second-order valence-electron chi connectivity index (χ2n) is 4.68. The Morgan fingerprint density at radius 2 is 2.19 bits per heavy atom. The van der Waals surface area contributed by atoms with Crippen molar-refractivity contribution in [1.29, 1.82) is 0 Å². The summed E-state index contributed by atoms with van der Waals surface area (Å²) < 4.78 is 5.79. The molecule has 2 rings (SSSR count). The van der Waals surface area contributed by atoms with E-state index >= 15 is 0 Å². The third kappa shape index (κ3) is 3.91. The lowest BCUT2D eigenvalue weighted by Gasteiger charge is -2.33. The summed E-state index contributed by atoms with van der Waals surface area (Å²) in [5.41, 5.74) is 0. The third-order valence-corrected chi connectivity index (χ3v) is 4.57. The highest BCUT2D eigenvalue weighted by molar-refractivity contribution is 7.99. The summed E-state index contributed by atoms with van der Waals surface area (Å²) in [7, 11) is 0. The van der Waals surface area contributed by atoms with Gasteiger partial charge >= 0.3 is 0 Å². The number of hydrogen-bond acceptors (Lipinski definition) is 4. The van der Waals surface area contributed by atoms with Gasteiger partial charge in [-0.15, -0.1) is 0 Å². The number of thioether (sulfide) groups is 1. The van der Waals surface area contributed by atoms with Crippen LogP contribution >= 0.6 is 11.8 Å². The van der Waals surface area contributed by atoms with Crippen molar-refractivity contribution in [1.82, 2.24) is 10.2 Å². The predicted molar refractivity (Wildman–Crippen MR) is 70.2 cm³/mol. The fourth-order valence-corrected chi connectivity index (χ4v) is 3.50. The highest BCUT2D eigenvalue weighted by atomic mass is 32.2. The number of rotatable bonds is 4. The smallest absolute Gasteiger partial charge is 0.0826 e. The quantitative estimate of drug-likeness (QED) is 0.803. The highest BCUT2D eigenvalue weighted by Gasteiger charge is 2.20. The number of hydrogen-bond donors (Lipinski definition) is 1. The lowest BCUT2D eigenvalue weighted by molar-refractivity contribution is -0.0264. The van der Waals surface area contributed by atoms with Gasteiger partial charge in [0.15, 0.2) is 0 Å². The first-order valence-corrected chi connectivity index (χ1v) is 7.69. The molecule has 16 heavy (non-hydrogen) atoms. The van der Waals surface area contributed by atoms with Gasteiger partial charge in [0.25, 0.3) is 0 Å². The van der Waals surface area contributed by atoms with Crippen LogP contribution in [0.5, 0.6) is 0 Å². The number of morpholine rings is 1. The van der Waals surface area contributed by atoms with Gasteiger partial charge in [-0.25, -0.2) is 0 Å². The van der Waals surface area contributed by atoms with Crippen LogP contribution in [0.25, 0.3) is 0 Å². The average Bonchev–Trinajstić information content (AvgIpc) is 2.38. The molecule has 3 nitrogen and oxygen atoms in total. The van der Waals surface area contributed by atoms with E-state index in [0.29, 0.717) is 6.10 Å². The zero-order valence-electron chi connectivity index (χ0n) is 10.3. The molecule has 2 aliphatic rings. The molecular formula is C12H24N2OS. The molecule has 1 unspecified atom stereocenters. The first kappa shape index (κ1) is 12.7. The van der Waals surface area contributed by atoms with Crippen LogP contribution in [0.4, 0.5) is 0 Å². The fourth-order valence-electron chi connectivity index (χ4n) is 2.39. The van der Waals surface area contributed by atoms with Crippen molar-refractivity contribution in [3.05, 3.63) is 0 Å². The Labute approximate surface area is 103 Å². The minimum Gasteiger partial charge on any atom is -0.374 e. The number of ether oxygens (including phenoxy) is 1. The van der Waals surface area contributed by atoms with Crippen LogP contribution in [-0.2, 0) is 4.74 Å². The van der Waals surface area contributed by atoms with Crippen LogP contribution in [0, 0.1) is 0 Å².